The fraction of sp³-hybridized carbons (Fsp3) is 0.421. The van der Waals surface area contributed by atoms with Gasteiger partial charge in [-0.05, 0) is 61.6 Å². The molecule has 2 rings (SSSR count). The highest BCUT2D eigenvalue weighted by atomic mass is 32.2. The number of rotatable bonds is 8. The number of aryl methyl sites for hydroxylation is 2. The van der Waals surface area contributed by atoms with E-state index >= 15 is 0 Å². The monoisotopic (exact) mass is 377 g/mol. The number of hydrogen-bond acceptors (Lipinski definition) is 5. The molecule has 0 spiro atoms. The Balaban J connectivity index is 2.16. The second-order valence-corrected chi connectivity index (χ2v) is 8.39. The first-order valence-electron chi connectivity index (χ1n) is 8.61. The highest BCUT2D eigenvalue weighted by Crippen LogP contribution is 2.28. The van der Waals surface area contributed by atoms with Crippen LogP contribution in [0, 0.1) is 19.8 Å². The van der Waals surface area contributed by atoms with Crippen LogP contribution in [-0.2, 0) is 10.0 Å². The van der Waals surface area contributed by atoms with Crippen LogP contribution in [0.5, 0.6) is 5.75 Å². The standard InChI is InChI=1S/C19H27N3O3S/c1-13(2)8-9-20-16-6-7-19(21-12-16)22-26(23,24)18-11-15(4)14(3)10-17(18)25-5/h6-7,10-13,20H,8-9H2,1-5H3,(H,21,22). The van der Waals surface area contributed by atoms with Crippen LogP contribution in [-0.4, -0.2) is 27.1 Å². The molecular formula is C19H27N3O3S. The molecule has 0 saturated carbocycles. The fourth-order valence-electron chi connectivity index (χ4n) is 2.39. The lowest BCUT2D eigenvalue weighted by Gasteiger charge is -2.14. The van der Waals surface area contributed by atoms with Crippen molar-refractivity contribution in [2.45, 2.75) is 39.0 Å². The van der Waals surface area contributed by atoms with Gasteiger partial charge in [0.05, 0.1) is 19.0 Å². The lowest BCUT2D eigenvalue weighted by Crippen LogP contribution is -2.15. The molecule has 2 aromatic rings. The molecule has 26 heavy (non-hydrogen) atoms. The molecule has 0 aliphatic heterocycles. The number of pyridine rings is 1. The number of nitrogens with zero attached hydrogens (tertiary/aromatic N) is 1. The summed E-state index contributed by atoms with van der Waals surface area (Å²) in [7, 11) is -2.34. The molecule has 1 heterocycles. The zero-order valence-corrected chi connectivity index (χ0v) is 16.8. The molecule has 1 aromatic heterocycles. The largest absolute Gasteiger partial charge is 0.495 e. The maximum atomic E-state index is 12.7. The molecule has 0 radical (unpaired) electrons. The first-order valence-corrected chi connectivity index (χ1v) is 10.1. The fourth-order valence-corrected chi connectivity index (χ4v) is 3.63. The van der Waals surface area contributed by atoms with Crippen LogP contribution in [0.3, 0.4) is 0 Å². The SMILES string of the molecule is COc1cc(C)c(C)cc1S(=O)(=O)Nc1ccc(NCCC(C)C)cn1. The van der Waals surface area contributed by atoms with Crippen LogP contribution >= 0.6 is 0 Å². The van der Waals surface area contributed by atoms with E-state index in [-0.39, 0.29) is 10.7 Å². The van der Waals surface area contributed by atoms with Crippen LogP contribution in [0.15, 0.2) is 35.4 Å². The Labute approximate surface area is 156 Å². The van der Waals surface area contributed by atoms with Crippen molar-refractivity contribution in [3.05, 3.63) is 41.6 Å². The Hall–Kier alpha value is -2.28. The van der Waals surface area contributed by atoms with Crippen LogP contribution < -0.4 is 14.8 Å². The smallest absolute Gasteiger partial charge is 0.266 e. The first kappa shape index (κ1) is 20.0. The van der Waals surface area contributed by atoms with E-state index in [0.29, 0.717) is 11.7 Å². The van der Waals surface area contributed by atoms with Crippen LogP contribution in [0.2, 0.25) is 0 Å². The van der Waals surface area contributed by atoms with Gasteiger partial charge < -0.3 is 10.1 Å². The molecule has 0 fully saturated rings. The Morgan fingerprint density at radius 2 is 1.85 bits per heavy atom. The second kappa shape index (κ2) is 8.40. The molecule has 142 valence electrons. The maximum absolute atomic E-state index is 12.7. The minimum absolute atomic E-state index is 0.101. The number of ether oxygens (including phenoxy) is 1. The lowest BCUT2D eigenvalue weighted by molar-refractivity contribution is 0.402. The van der Waals surface area contributed by atoms with Gasteiger partial charge in [-0.3, -0.25) is 4.72 Å². The van der Waals surface area contributed by atoms with E-state index in [1.807, 2.05) is 19.9 Å². The van der Waals surface area contributed by atoms with Gasteiger partial charge in [0.25, 0.3) is 10.0 Å². The van der Waals surface area contributed by atoms with Gasteiger partial charge >= 0.3 is 0 Å². The van der Waals surface area contributed by atoms with Crippen molar-refractivity contribution in [3.8, 4) is 5.75 Å². The normalized spacial score (nSPS) is 11.5. The summed E-state index contributed by atoms with van der Waals surface area (Å²) in [5, 5.41) is 3.27. The van der Waals surface area contributed by atoms with Crippen molar-refractivity contribution in [2.24, 2.45) is 5.92 Å². The van der Waals surface area contributed by atoms with E-state index in [0.717, 1.165) is 29.8 Å². The summed E-state index contributed by atoms with van der Waals surface area (Å²) in [6, 6.07) is 6.78. The van der Waals surface area contributed by atoms with Gasteiger partial charge in [0, 0.05) is 6.54 Å². The summed E-state index contributed by atoms with van der Waals surface area (Å²) in [5.74, 6) is 1.20. The highest BCUT2D eigenvalue weighted by Gasteiger charge is 2.21. The van der Waals surface area contributed by atoms with E-state index in [4.69, 9.17) is 4.74 Å². The number of methoxy groups -OCH3 is 1. The van der Waals surface area contributed by atoms with Crippen molar-refractivity contribution < 1.29 is 13.2 Å². The lowest BCUT2D eigenvalue weighted by atomic mass is 10.1. The van der Waals surface area contributed by atoms with Crippen LogP contribution in [0.4, 0.5) is 11.5 Å². The molecule has 0 aliphatic rings. The van der Waals surface area contributed by atoms with Gasteiger partial charge in [-0.1, -0.05) is 13.8 Å². The Morgan fingerprint density at radius 1 is 1.15 bits per heavy atom. The van der Waals surface area contributed by atoms with Crippen LogP contribution in [0.25, 0.3) is 0 Å². The minimum atomic E-state index is -3.79. The van der Waals surface area contributed by atoms with Crippen molar-refractivity contribution in [1.82, 2.24) is 4.98 Å². The van der Waals surface area contributed by atoms with E-state index in [1.54, 1.807) is 24.4 Å². The Bertz CT molecular complexity index is 847. The topological polar surface area (TPSA) is 80.3 Å². The van der Waals surface area contributed by atoms with Gasteiger partial charge in [-0.2, -0.15) is 0 Å². The molecule has 0 unspecified atom stereocenters. The molecule has 0 saturated heterocycles. The second-order valence-electron chi connectivity index (χ2n) is 6.73. The first-order chi connectivity index (χ1) is 12.2. The Kier molecular flexibility index (Phi) is 6.47. The molecule has 7 heteroatoms. The van der Waals surface area contributed by atoms with E-state index in [2.05, 4.69) is 28.9 Å². The van der Waals surface area contributed by atoms with Crippen molar-refractivity contribution >= 4 is 21.5 Å². The van der Waals surface area contributed by atoms with Crippen molar-refractivity contribution in [3.63, 3.8) is 0 Å². The van der Waals surface area contributed by atoms with Crippen molar-refractivity contribution in [1.29, 1.82) is 0 Å². The number of benzene rings is 1. The maximum Gasteiger partial charge on any atom is 0.266 e. The highest BCUT2D eigenvalue weighted by molar-refractivity contribution is 7.92. The third-order valence-corrected chi connectivity index (χ3v) is 5.50. The number of nitrogens with one attached hydrogen (secondary N) is 2. The number of hydrogen-bond donors (Lipinski definition) is 2. The predicted octanol–water partition coefficient (Wildman–Crippen LogP) is 3.97. The molecule has 2 N–H and O–H groups in total. The molecular weight excluding hydrogens is 350 g/mol. The summed E-state index contributed by atoms with van der Waals surface area (Å²) in [6.45, 7) is 8.96. The Morgan fingerprint density at radius 3 is 2.42 bits per heavy atom. The molecule has 0 atom stereocenters. The van der Waals surface area contributed by atoms with Crippen molar-refractivity contribution in [2.75, 3.05) is 23.7 Å². The number of aromatic nitrogens is 1. The molecule has 0 aliphatic carbocycles. The molecule has 0 amide bonds. The summed E-state index contributed by atoms with van der Waals surface area (Å²) in [4.78, 5) is 4.29. The average molecular weight is 378 g/mol. The van der Waals surface area contributed by atoms with Gasteiger partial charge in [0.1, 0.15) is 16.5 Å². The predicted molar refractivity (Wildman–Crippen MR) is 105 cm³/mol. The number of sulfonamides is 1. The van der Waals surface area contributed by atoms with E-state index in [9.17, 15) is 8.42 Å². The molecule has 0 bridgehead atoms. The molecule has 6 nitrogen and oxygen atoms in total. The van der Waals surface area contributed by atoms with Gasteiger partial charge in [0.15, 0.2) is 0 Å². The summed E-state index contributed by atoms with van der Waals surface area (Å²) in [5.41, 5.74) is 2.71. The summed E-state index contributed by atoms with van der Waals surface area (Å²) < 4.78 is 33.2. The quantitative estimate of drug-likeness (QED) is 0.728. The summed E-state index contributed by atoms with van der Waals surface area (Å²) >= 11 is 0. The third kappa shape index (κ3) is 5.11. The third-order valence-electron chi connectivity index (χ3n) is 4.12. The zero-order valence-electron chi connectivity index (χ0n) is 16.0. The molecule has 1 aromatic carbocycles. The van der Waals surface area contributed by atoms with Gasteiger partial charge in [0.2, 0.25) is 0 Å². The zero-order chi connectivity index (χ0) is 19.3. The van der Waals surface area contributed by atoms with Gasteiger partial charge in [-0.15, -0.1) is 0 Å². The van der Waals surface area contributed by atoms with Crippen LogP contribution in [0.1, 0.15) is 31.4 Å². The van der Waals surface area contributed by atoms with E-state index < -0.39 is 10.0 Å². The minimum Gasteiger partial charge on any atom is -0.495 e. The van der Waals surface area contributed by atoms with E-state index in [1.165, 1.54) is 7.11 Å². The summed E-state index contributed by atoms with van der Waals surface area (Å²) in [6.07, 6.45) is 2.68. The average Bonchev–Trinajstić information content (AvgIpc) is 2.57. The van der Waals surface area contributed by atoms with Gasteiger partial charge in [-0.25, -0.2) is 13.4 Å². The number of anilines is 2.